The van der Waals surface area contributed by atoms with Crippen LogP contribution in [0.15, 0.2) is 18.2 Å². The molecule has 1 aliphatic rings. The molecule has 15 heavy (non-hydrogen) atoms. The number of aryl methyl sites for hydroxylation is 1. The van der Waals surface area contributed by atoms with Crippen molar-refractivity contribution in [1.82, 2.24) is 9.55 Å². The zero-order chi connectivity index (χ0) is 10.4. The Bertz CT molecular complexity index is 519. The van der Waals surface area contributed by atoms with Crippen molar-refractivity contribution in [3.05, 3.63) is 24.0 Å². The molecule has 1 unspecified atom stereocenters. The van der Waals surface area contributed by atoms with Gasteiger partial charge in [-0.1, -0.05) is 0 Å². The first-order valence-electron chi connectivity index (χ1n) is 5.02. The number of methoxy groups -OCH3 is 1. The molecule has 0 saturated heterocycles. The second-order valence-electron chi connectivity index (χ2n) is 3.78. The van der Waals surface area contributed by atoms with Crippen LogP contribution in [0.2, 0.25) is 0 Å². The average molecular weight is 204 g/mol. The zero-order valence-corrected chi connectivity index (χ0v) is 8.47. The number of ether oxygens (including phenoxy) is 1. The molecule has 3 rings (SSSR count). The Balaban J connectivity index is 2.27. The van der Waals surface area contributed by atoms with Crippen molar-refractivity contribution in [1.29, 1.82) is 0 Å². The smallest absolute Gasteiger partial charge is 0.138 e. The van der Waals surface area contributed by atoms with Crippen molar-refractivity contribution in [3.63, 3.8) is 0 Å². The number of rotatable bonds is 1. The summed E-state index contributed by atoms with van der Waals surface area (Å²) in [6, 6.07) is 5.77. The number of aliphatic hydroxyl groups is 1. The largest absolute Gasteiger partial charge is 0.497 e. The minimum absolute atomic E-state index is 0.414. The predicted molar refractivity (Wildman–Crippen MR) is 55.9 cm³/mol. The van der Waals surface area contributed by atoms with Crippen molar-refractivity contribution in [2.75, 3.05) is 7.11 Å². The molecule has 78 valence electrons. The lowest BCUT2D eigenvalue weighted by molar-refractivity contribution is 0.176. The van der Waals surface area contributed by atoms with Crippen LogP contribution in [-0.2, 0) is 6.54 Å². The first-order valence-corrected chi connectivity index (χ1v) is 5.02. The van der Waals surface area contributed by atoms with Gasteiger partial charge in [0.1, 0.15) is 17.7 Å². The van der Waals surface area contributed by atoms with Crippen LogP contribution in [0.25, 0.3) is 11.0 Å². The van der Waals surface area contributed by atoms with Gasteiger partial charge in [0.2, 0.25) is 0 Å². The molecule has 0 bridgehead atoms. The van der Waals surface area contributed by atoms with Gasteiger partial charge in [0.25, 0.3) is 0 Å². The molecular formula is C11H12N2O2. The third kappa shape index (κ3) is 1.15. The van der Waals surface area contributed by atoms with E-state index in [4.69, 9.17) is 4.74 Å². The van der Waals surface area contributed by atoms with Crippen LogP contribution < -0.4 is 4.74 Å². The van der Waals surface area contributed by atoms with Crippen LogP contribution in [0.4, 0.5) is 0 Å². The van der Waals surface area contributed by atoms with Crippen molar-refractivity contribution < 1.29 is 9.84 Å². The number of aromatic nitrogens is 2. The fourth-order valence-corrected chi connectivity index (χ4v) is 2.12. The maximum atomic E-state index is 9.69. The molecule has 4 heteroatoms. The molecule has 2 heterocycles. The minimum Gasteiger partial charge on any atom is -0.497 e. The van der Waals surface area contributed by atoms with Gasteiger partial charge in [-0.3, -0.25) is 0 Å². The summed E-state index contributed by atoms with van der Waals surface area (Å²) in [7, 11) is 1.65. The highest BCUT2D eigenvalue weighted by Crippen LogP contribution is 2.31. The first-order chi connectivity index (χ1) is 7.29. The normalized spacial score (nSPS) is 19.5. The number of hydrogen-bond acceptors (Lipinski definition) is 3. The van der Waals surface area contributed by atoms with E-state index in [0.717, 1.165) is 35.6 Å². The number of fused-ring (bicyclic) bond motifs is 3. The SMILES string of the molecule is COc1ccc2nc3n(c2c1)CCC3O. The van der Waals surface area contributed by atoms with E-state index in [9.17, 15) is 5.11 Å². The Morgan fingerprint density at radius 1 is 1.53 bits per heavy atom. The Labute approximate surface area is 87.1 Å². The van der Waals surface area contributed by atoms with Gasteiger partial charge in [-0.15, -0.1) is 0 Å². The number of aliphatic hydroxyl groups excluding tert-OH is 1. The number of hydrogen-bond donors (Lipinski definition) is 1. The quantitative estimate of drug-likeness (QED) is 0.765. The molecule has 0 amide bonds. The zero-order valence-electron chi connectivity index (χ0n) is 8.47. The van der Waals surface area contributed by atoms with Gasteiger partial charge in [0.15, 0.2) is 0 Å². The summed E-state index contributed by atoms with van der Waals surface area (Å²) in [6.07, 6.45) is 0.346. The summed E-state index contributed by atoms with van der Waals surface area (Å²) >= 11 is 0. The number of benzene rings is 1. The first kappa shape index (κ1) is 8.73. The monoisotopic (exact) mass is 204 g/mol. The third-order valence-corrected chi connectivity index (χ3v) is 2.91. The van der Waals surface area contributed by atoms with Crippen LogP contribution in [-0.4, -0.2) is 21.8 Å². The van der Waals surface area contributed by atoms with Crippen LogP contribution >= 0.6 is 0 Å². The topological polar surface area (TPSA) is 47.3 Å². The highest BCUT2D eigenvalue weighted by molar-refractivity contribution is 5.78. The maximum Gasteiger partial charge on any atom is 0.138 e. The van der Waals surface area contributed by atoms with Crippen LogP contribution in [0.3, 0.4) is 0 Å². The summed E-state index contributed by atoms with van der Waals surface area (Å²) < 4.78 is 7.23. The Morgan fingerprint density at radius 2 is 2.40 bits per heavy atom. The Morgan fingerprint density at radius 3 is 3.20 bits per heavy atom. The van der Waals surface area contributed by atoms with Gasteiger partial charge in [-0.2, -0.15) is 0 Å². The number of imidazole rings is 1. The Hall–Kier alpha value is -1.55. The van der Waals surface area contributed by atoms with Crippen LogP contribution in [0, 0.1) is 0 Å². The molecule has 1 aromatic heterocycles. The maximum absolute atomic E-state index is 9.69. The van der Waals surface area contributed by atoms with E-state index in [0.29, 0.717) is 0 Å². The average Bonchev–Trinajstić information content (AvgIpc) is 2.78. The van der Waals surface area contributed by atoms with Gasteiger partial charge in [0, 0.05) is 12.6 Å². The van der Waals surface area contributed by atoms with Crippen molar-refractivity contribution in [2.24, 2.45) is 0 Å². The lowest BCUT2D eigenvalue weighted by Crippen LogP contribution is -1.93. The molecular weight excluding hydrogens is 192 g/mol. The van der Waals surface area contributed by atoms with Gasteiger partial charge in [0.05, 0.1) is 18.1 Å². The fourth-order valence-electron chi connectivity index (χ4n) is 2.12. The van der Waals surface area contributed by atoms with E-state index in [2.05, 4.69) is 9.55 Å². The van der Waals surface area contributed by atoms with Crippen LogP contribution in [0.1, 0.15) is 18.3 Å². The number of nitrogens with zero attached hydrogens (tertiary/aromatic N) is 2. The molecule has 4 nitrogen and oxygen atoms in total. The van der Waals surface area contributed by atoms with Gasteiger partial charge < -0.3 is 14.4 Å². The molecule has 0 saturated carbocycles. The van der Waals surface area contributed by atoms with Crippen molar-refractivity contribution >= 4 is 11.0 Å². The third-order valence-electron chi connectivity index (χ3n) is 2.91. The van der Waals surface area contributed by atoms with E-state index in [-0.39, 0.29) is 0 Å². The molecule has 2 aromatic rings. The van der Waals surface area contributed by atoms with Gasteiger partial charge >= 0.3 is 0 Å². The van der Waals surface area contributed by atoms with E-state index >= 15 is 0 Å². The molecule has 0 fully saturated rings. The molecule has 1 aliphatic heterocycles. The van der Waals surface area contributed by atoms with Crippen molar-refractivity contribution in [3.8, 4) is 5.75 Å². The highest BCUT2D eigenvalue weighted by atomic mass is 16.5. The summed E-state index contributed by atoms with van der Waals surface area (Å²) in [6.45, 7) is 0.833. The Kier molecular flexibility index (Phi) is 1.73. The molecule has 1 aromatic carbocycles. The van der Waals surface area contributed by atoms with E-state index < -0.39 is 6.10 Å². The van der Waals surface area contributed by atoms with Gasteiger partial charge in [-0.05, 0) is 18.6 Å². The van der Waals surface area contributed by atoms with E-state index in [1.165, 1.54) is 0 Å². The lowest BCUT2D eigenvalue weighted by Gasteiger charge is -2.01. The summed E-state index contributed by atoms with van der Waals surface area (Å²) in [4.78, 5) is 4.41. The molecule has 0 spiro atoms. The molecule has 1 N–H and O–H groups in total. The second-order valence-corrected chi connectivity index (χ2v) is 3.78. The second kappa shape index (κ2) is 2.97. The molecule has 1 atom stereocenters. The summed E-state index contributed by atoms with van der Waals surface area (Å²) in [5.41, 5.74) is 1.96. The summed E-state index contributed by atoms with van der Waals surface area (Å²) in [5.74, 6) is 1.60. The standard InChI is InChI=1S/C11H12N2O2/c1-15-7-2-3-8-9(6-7)13-5-4-10(14)11(13)12-8/h2-3,6,10,14H,4-5H2,1H3. The van der Waals surface area contributed by atoms with Gasteiger partial charge in [-0.25, -0.2) is 4.98 Å². The van der Waals surface area contributed by atoms with E-state index in [1.807, 2.05) is 18.2 Å². The highest BCUT2D eigenvalue weighted by Gasteiger charge is 2.24. The minimum atomic E-state index is -0.414. The lowest BCUT2D eigenvalue weighted by atomic mass is 10.3. The van der Waals surface area contributed by atoms with E-state index in [1.54, 1.807) is 7.11 Å². The fraction of sp³-hybridized carbons (Fsp3) is 0.364. The molecule has 0 aliphatic carbocycles. The van der Waals surface area contributed by atoms with Crippen LogP contribution in [0.5, 0.6) is 5.75 Å². The van der Waals surface area contributed by atoms with Crippen molar-refractivity contribution in [2.45, 2.75) is 19.1 Å². The summed E-state index contributed by atoms with van der Waals surface area (Å²) in [5, 5.41) is 9.69. The molecule has 0 radical (unpaired) electrons. The predicted octanol–water partition coefficient (Wildman–Crippen LogP) is 1.48.